The fraction of sp³-hybridized carbons (Fsp3) is 0.256. The molecule has 0 N–H and O–H groups in total. The number of aryl methyl sites for hydroxylation is 2. The summed E-state index contributed by atoms with van der Waals surface area (Å²) in [5.74, 6) is 3.65. The van der Waals surface area contributed by atoms with Gasteiger partial charge in [-0.1, -0.05) is 71.9 Å². The molecule has 5 nitrogen and oxygen atoms in total. The second-order valence-electron chi connectivity index (χ2n) is 13.9. The molecule has 5 heteroatoms. The molecule has 0 spiro atoms. The van der Waals surface area contributed by atoms with Crippen LogP contribution < -0.4 is 4.74 Å². The third-order valence-corrected chi connectivity index (χ3v) is 9.48. The van der Waals surface area contributed by atoms with Crippen molar-refractivity contribution in [2.24, 2.45) is 0 Å². The SMILES string of the molecule is Cc1cc(C)c(C(C)C)c(-c2cnn(-c3cccc(Oc4ccc5c6ccccc6n(-c6cc(C(C)C)ccn6)c5c4)c3)c2)c1C(C)C. The predicted molar refractivity (Wildman–Crippen MR) is 199 cm³/mol. The zero-order chi connectivity index (χ0) is 33.7. The summed E-state index contributed by atoms with van der Waals surface area (Å²) in [4.78, 5) is 4.80. The summed E-state index contributed by atoms with van der Waals surface area (Å²) in [5, 5.41) is 7.21. The molecule has 4 aromatic carbocycles. The molecule has 48 heavy (non-hydrogen) atoms. The number of rotatable bonds is 8. The van der Waals surface area contributed by atoms with Crippen molar-refractivity contribution in [3.63, 3.8) is 0 Å². The Kier molecular flexibility index (Phi) is 8.16. The molecule has 0 aliphatic carbocycles. The monoisotopic (exact) mass is 632 g/mol. The topological polar surface area (TPSA) is 44.9 Å². The first kappa shape index (κ1) is 31.4. The van der Waals surface area contributed by atoms with Crippen LogP contribution in [0.1, 0.15) is 87.1 Å². The third-order valence-electron chi connectivity index (χ3n) is 9.48. The highest BCUT2D eigenvalue weighted by atomic mass is 16.5. The van der Waals surface area contributed by atoms with Gasteiger partial charge in [0.25, 0.3) is 0 Å². The highest BCUT2D eigenvalue weighted by molar-refractivity contribution is 6.09. The minimum absolute atomic E-state index is 0.407. The molecule has 0 radical (unpaired) electrons. The molecule has 7 aromatic rings. The van der Waals surface area contributed by atoms with Gasteiger partial charge in [-0.2, -0.15) is 5.10 Å². The van der Waals surface area contributed by atoms with Gasteiger partial charge in [0, 0.05) is 40.9 Å². The van der Waals surface area contributed by atoms with Crippen LogP contribution in [0.3, 0.4) is 0 Å². The van der Waals surface area contributed by atoms with E-state index in [0.29, 0.717) is 17.8 Å². The van der Waals surface area contributed by atoms with Crippen molar-refractivity contribution in [1.82, 2.24) is 19.3 Å². The first-order valence-electron chi connectivity index (χ1n) is 17.1. The number of hydrogen-bond donors (Lipinski definition) is 0. The maximum absolute atomic E-state index is 6.55. The van der Waals surface area contributed by atoms with Crippen molar-refractivity contribution in [1.29, 1.82) is 0 Å². The Morgan fingerprint density at radius 2 is 1.35 bits per heavy atom. The lowest BCUT2D eigenvalue weighted by atomic mass is 9.81. The van der Waals surface area contributed by atoms with E-state index in [-0.39, 0.29) is 0 Å². The second kappa shape index (κ2) is 12.5. The van der Waals surface area contributed by atoms with Gasteiger partial charge in [0.15, 0.2) is 0 Å². The lowest BCUT2D eigenvalue weighted by Gasteiger charge is -2.23. The lowest BCUT2D eigenvalue weighted by Crippen LogP contribution is -2.05. The molecule has 0 atom stereocenters. The van der Waals surface area contributed by atoms with Crippen LogP contribution in [-0.4, -0.2) is 19.3 Å². The Balaban J connectivity index is 1.26. The van der Waals surface area contributed by atoms with Crippen LogP contribution in [0, 0.1) is 13.8 Å². The molecule has 0 aliphatic heterocycles. The van der Waals surface area contributed by atoms with Crippen molar-refractivity contribution in [3.8, 4) is 34.1 Å². The molecule has 3 heterocycles. The molecular weight excluding hydrogens is 589 g/mol. The Morgan fingerprint density at radius 1 is 0.646 bits per heavy atom. The summed E-state index contributed by atoms with van der Waals surface area (Å²) in [5.41, 5.74) is 12.3. The zero-order valence-electron chi connectivity index (χ0n) is 29.2. The maximum atomic E-state index is 6.55. The summed E-state index contributed by atoms with van der Waals surface area (Å²) in [6, 6.07) is 29.6. The fourth-order valence-electron chi connectivity index (χ4n) is 7.41. The van der Waals surface area contributed by atoms with Gasteiger partial charge in [-0.3, -0.25) is 4.57 Å². The van der Waals surface area contributed by atoms with Crippen LogP contribution in [0.15, 0.2) is 104 Å². The summed E-state index contributed by atoms with van der Waals surface area (Å²) >= 11 is 0. The number of hydrogen-bond acceptors (Lipinski definition) is 3. The van der Waals surface area contributed by atoms with E-state index in [1.54, 1.807) is 0 Å². The summed E-state index contributed by atoms with van der Waals surface area (Å²) in [6.07, 6.45) is 6.08. The number of aromatic nitrogens is 4. The van der Waals surface area contributed by atoms with Gasteiger partial charge in [0.2, 0.25) is 0 Å². The van der Waals surface area contributed by atoms with Crippen LogP contribution in [0.2, 0.25) is 0 Å². The van der Waals surface area contributed by atoms with Crippen molar-refractivity contribution in [2.45, 2.75) is 73.1 Å². The number of nitrogens with zero attached hydrogens (tertiary/aromatic N) is 4. The van der Waals surface area contributed by atoms with Crippen molar-refractivity contribution >= 4 is 21.8 Å². The van der Waals surface area contributed by atoms with Gasteiger partial charge < -0.3 is 4.74 Å². The van der Waals surface area contributed by atoms with E-state index in [1.165, 1.54) is 44.2 Å². The number of ether oxygens (including phenoxy) is 1. The molecule has 0 aliphatic rings. The van der Waals surface area contributed by atoms with Gasteiger partial charge in [-0.15, -0.1) is 0 Å². The van der Waals surface area contributed by atoms with E-state index in [0.717, 1.165) is 39.6 Å². The van der Waals surface area contributed by atoms with Gasteiger partial charge in [-0.25, -0.2) is 9.67 Å². The number of para-hydroxylation sites is 1. The molecular formula is C43H44N4O. The summed E-state index contributed by atoms with van der Waals surface area (Å²) in [6.45, 7) is 18.0. The quantitative estimate of drug-likeness (QED) is 0.167. The average Bonchev–Trinajstić information content (AvgIpc) is 3.67. The van der Waals surface area contributed by atoms with E-state index in [2.05, 4.69) is 139 Å². The van der Waals surface area contributed by atoms with Crippen molar-refractivity contribution in [2.75, 3.05) is 0 Å². The van der Waals surface area contributed by atoms with E-state index in [9.17, 15) is 0 Å². The van der Waals surface area contributed by atoms with Gasteiger partial charge >= 0.3 is 0 Å². The minimum atomic E-state index is 0.407. The average molecular weight is 633 g/mol. The second-order valence-corrected chi connectivity index (χ2v) is 13.9. The van der Waals surface area contributed by atoms with E-state index < -0.39 is 0 Å². The molecule has 7 rings (SSSR count). The predicted octanol–water partition coefficient (Wildman–Crippen LogP) is 11.8. The van der Waals surface area contributed by atoms with Gasteiger partial charge in [0.1, 0.15) is 17.3 Å². The van der Waals surface area contributed by atoms with E-state index >= 15 is 0 Å². The molecule has 0 bridgehead atoms. The maximum Gasteiger partial charge on any atom is 0.137 e. The first-order chi connectivity index (χ1) is 23.1. The highest BCUT2D eigenvalue weighted by Crippen LogP contribution is 2.41. The number of pyridine rings is 1. The smallest absolute Gasteiger partial charge is 0.137 e. The summed E-state index contributed by atoms with van der Waals surface area (Å²) < 4.78 is 10.8. The van der Waals surface area contributed by atoms with Crippen LogP contribution in [-0.2, 0) is 0 Å². The van der Waals surface area contributed by atoms with Crippen LogP contribution in [0.5, 0.6) is 11.5 Å². The molecule has 0 fully saturated rings. The standard InChI is InChI=1S/C43H44N4O/c1-26(2)31-18-19-44-40(21-31)47-38-15-10-9-14-36(38)37-17-16-35(23-39(37)47)48-34-13-11-12-33(22-34)46-25-32(24-45-46)43-41(27(3)4)29(7)20-30(8)42(43)28(5)6/h9-28H,1-8H3. The Bertz CT molecular complexity index is 2250. The lowest BCUT2D eigenvalue weighted by molar-refractivity contribution is 0.483. The van der Waals surface area contributed by atoms with Gasteiger partial charge in [-0.05, 0) is 107 Å². The molecule has 3 aromatic heterocycles. The van der Waals surface area contributed by atoms with E-state index in [4.69, 9.17) is 14.8 Å². The molecule has 0 saturated carbocycles. The zero-order valence-corrected chi connectivity index (χ0v) is 29.2. The van der Waals surface area contributed by atoms with Crippen LogP contribution >= 0.6 is 0 Å². The Hall–Kier alpha value is -5.16. The van der Waals surface area contributed by atoms with Crippen LogP contribution in [0.25, 0.3) is 44.4 Å². The largest absolute Gasteiger partial charge is 0.457 e. The minimum Gasteiger partial charge on any atom is -0.457 e. The Labute approximate surface area is 283 Å². The van der Waals surface area contributed by atoms with Crippen LogP contribution in [0.4, 0.5) is 0 Å². The van der Waals surface area contributed by atoms with Crippen molar-refractivity contribution < 1.29 is 4.74 Å². The normalized spacial score (nSPS) is 11.9. The highest BCUT2D eigenvalue weighted by Gasteiger charge is 2.22. The number of fused-ring (bicyclic) bond motifs is 3. The number of benzene rings is 4. The fourth-order valence-corrected chi connectivity index (χ4v) is 7.41. The summed E-state index contributed by atoms with van der Waals surface area (Å²) in [7, 11) is 0. The Morgan fingerprint density at radius 3 is 2.08 bits per heavy atom. The molecule has 0 unspecified atom stereocenters. The van der Waals surface area contributed by atoms with Crippen molar-refractivity contribution in [3.05, 3.63) is 131 Å². The van der Waals surface area contributed by atoms with E-state index in [1.807, 2.05) is 29.2 Å². The van der Waals surface area contributed by atoms with Gasteiger partial charge in [0.05, 0.1) is 22.9 Å². The molecule has 0 saturated heterocycles. The first-order valence-corrected chi connectivity index (χ1v) is 17.1. The third kappa shape index (κ3) is 5.57. The molecule has 0 amide bonds. The molecule has 242 valence electrons.